The van der Waals surface area contributed by atoms with Crippen molar-refractivity contribution in [2.24, 2.45) is 0 Å². The van der Waals surface area contributed by atoms with E-state index in [1.165, 1.54) is 23.4 Å². The standard InChI is InChI=1S/C11H17N/c1-4-6-10-8-9(3)12-11(10)7-5-2/h4,8,12H,1,5-7H2,2-3H3. The van der Waals surface area contributed by atoms with Crippen molar-refractivity contribution in [1.29, 1.82) is 0 Å². The SMILES string of the molecule is C=CCc1cc(C)[nH]c1CCC. The first-order chi connectivity index (χ1) is 5.77. The highest BCUT2D eigenvalue weighted by Crippen LogP contribution is 2.13. The molecule has 1 nitrogen and oxygen atoms in total. The Kier molecular flexibility index (Phi) is 3.15. The molecular formula is C11H17N. The molecule has 1 heteroatoms. The first-order valence-electron chi connectivity index (χ1n) is 4.56. The molecule has 0 aromatic carbocycles. The fourth-order valence-electron chi connectivity index (χ4n) is 1.51. The Morgan fingerprint density at radius 2 is 2.33 bits per heavy atom. The van der Waals surface area contributed by atoms with Crippen LogP contribution in [0.4, 0.5) is 0 Å². The molecule has 66 valence electrons. The van der Waals surface area contributed by atoms with Gasteiger partial charge in [-0.3, -0.25) is 0 Å². The lowest BCUT2D eigenvalue weighted by Crippen LogP contribution is -1.89. The van der Waals surface area contributed by atoms with E-state index in [1.807, 2.05) is 6.08 Å². The lowest BCUT2D eigenvalue weighted by Gasteiger charge is -1.97. The molecule has 1 heterocycles. The summed E-state index contributed by atoms with van der Waals surface area (Å²) in [6.07, 6.45) is 5.29. The lowest BCUT2D eigenvalue weighted by atomic mass is 10.1. The van der Waals surface area contributed by atoms with E-state index < -0.39 is 0 Å². The van der Waals surface area contributed by atoms with Gasteiger partial charge in [0.2, 0.25) is 0 Å². The number of aryl methyl sites for hydroxylation is 2. The van der Waals surface area contributed by atoms with Crippen LogP contribution in [0, 0.1) is 6.92 Å². The van der Waals surface area contributed by atoms with E-state index in [9.17, 15) is 0 Å². The second kappa shape index (κ2) is 4.15. The van der Waals surface area contributed by atoms with E-state index in [2.05, 4.69) is 31.5 Å². The van der Waals surface area contributed by atoms with Gasteiger partial charge in [-0.2, -0.15) is 0 Å². The second-order valence-electron chi connectivity index (χ2n) is 3.20. The van der Waals surface area contributed by atoms with Crippen molar-refractivity contribution < 1.29 is 0 Å². The zero-order chi connectivity index (χ0) is 8.97. The van der Waals surface area contributed by atoms with Crippen molar-refractivity contribution in [3.05, 3.63) is 35.7 Å². The summed E-state index contributed by atoms with van der Waals surface area (Å²) < 4.78 is 0. The van der Waals surface area contributed by atoms with Crippen LogP contribution < -0.4 is 0 Å². The summed E-state index contributed by atoms with van der Waals surface area (Å²) in [5, 5.41) is 0. The molecule has 0 amide bonds. The average Bonchev–Trinajstić information content (AvgIpc) is 2.33. The molecule has 0 radical (unpaired) electrons. The Hall–Kier alpha value is -0.980. The molecule has 1 aromatic rings. The van der Waals surface area contributed by atoms with Gasteiger partial charge in [-0.05, 0) is 31.4 Å². The molecule has 0 aliphatic heterocycles. The van der Waals surface area contributed by atoms with Crippen molar-refractivity contribution in [1.82, 2.24) is 4.98 Å². The van der Waals surface area contributed by atoms with Crippen LogP contribution >= 0.6 is 0 Å². The topological polar surface area (TPSA) is 15.8 Å². The first kappa shape index (κ1) is 9.11. The van der Waals surface area contributed by atoms with Crippen molar-refractivity contribution in [3.63, 3.8) is 0 Å². The highest BCUT2D eigenvalue weighted by Gasteiger charge is 2.02. The van der Waals surface area contributed by atoms with E-state index >= 15 is 0 Å². The van der Waals surface area contributed by atoms with Crippen molar-refractivity contribution in [3.8, 4) is 0 Å². The zero-order valence-electron chi connectivity index (χ0n) is 7.98. The largest absolute Gasteiger partial charge is 0.362 e. The molecule has 0 saturated carbocycles. The molecule has 0 spiro atoms. The maximum absolute atomic E-state index is 3.75. The van der Waals surface area contributed by atoms with Crippen LogP contribution in [0.1, 0.15) is 30.3 Å². The monoisotopic (exact) mass is 163 g/mol. The van der Waals surface area contributed by atoms with Gasteiger partial charge in [0.1, 0.15) is 0 Å². The Morgan fingerprint density at radius 3 is 2.92 bits per heavy atom. The van der Waals surface area contributed by atoms with Crippen molar-refractivity contribution in [2.75, 3.05) is 0 Å². The summed E-state index contributed by atoms with van der Waals surface area (Å²) in [6.45, 7) is 8.06. The summed E-state index contributed by atoms with van der Waals surface area (Å²) in [5.41, 5.74) is 4.05. The normalized spacial score (nSPS) is 10.2. The van der Waals surface area contributed by atoms with E-state index in [4.69, 9.17) is 0 Å². The van der Waals surface area contributed by atoms with Gasteiger partial charge in [0, 0.05) is 11.4 Å². The Labute approximate surface area is 74.5 Å². The summed E-state index contributed by atoms with van der Waals surface area (Å²) >= 11 is 0. The van der Waals surface area contributed by atoms with E-state index in [0.29, 0.717) is 0 Å². The average molecular weight is 163 g/mol. The summed E-state index contributed by atoms with van der Waals surface area (Å²) in [7, 11) is 0. The molecular weight excluding hydrogens is 146 g/mol. The molecule has 1 aromatic heterocycles. The summed E-state index contributed by atoms with van der Waals surface area (Å²) in [5.74, 6) is 0. The number of hydrogen-bond acceptors (Lipinski definition) is 0. The molecule has 0 aliphatic rings. The molecule has 1 N–H and O–H groups in total. The van der Waals surface area contributed by atoms with Gasteiger partial charge in [-0.25, -0.2) is 0 Å². The van der Waals surface area contributed by atoms with Crippen LogP contribution in [0.25, 0.3) is 0 Å². The minimum absolute atomic E-state index is 0.986. The number of aromatic nitrogens is 1. The number of hydrogen-bond donors (Lipinski definition) is 1. The minimum Gasteiger partial charge on any atom is -0.362 e. The van der Waals surface area contributed by atoms with Gasteiger partial charge in [0.05, 0.1) is 0 Å². The summed E-state index contributed by atoms with van der Waals surface area (Å²) in [6, 6.07) is 2.21. The molecule has 0 aliphatic carbocycles. The maximum atomic E-state index is 3.75. The van der Waals surface area contributed by atoms with Crippen LogP contribution in [0.15, 0.2) is 18.7 Å². The zero-order valence-corrected chi connectivity index (χ0v) is 7.98. The quantitative estimate of drug-likeness (QED) is 0.657. The Balaban J connectivity index is 2.83. The van der Waals surface area contributed by atoms with Gasteiger partial charge in [0.15, 0.2) is 0 Å². The molecule has 0 saturated heterocycles. The molecule has 12 heavy (non-hydrogen) atoms. The third-order valence-electron chi connectivity index (χ3n) is 1.99. The van der Waals surface area contributed by atoms with Crippen molar-refractivity contribution >= 4 is 0 Å². The highest BCUT2D eigenvalue weighted by atomic mass is 14.7. The Morgan fingerprint density at radius 1 is 1.58 bits per heavy atom. The fraction of sp³-hybridized carbons (Fsp3) is 0.455. The molecule has 0 fully saturated rings. The van der Waals surface area contributed by atoms with Crippen LogP contribution in [-0.4, -0.2) is 4.98 Å². The van der Waals surface area contributed by atoms with Crippen molar-refractivity contribution in [2.45, 2.75) is 33.1 Å². The smallest absolute Gasteiger partial charge is 0.0184 e. The minimum atomic E-state index is 0.986. The number of allylic oxidation sites excluding steroid dienone is 1. The van der Waals surface area contributed by atoms with Gasteiger partial charge >= 0.3 is 0 Å². The first-order valence-corrected chi connectivity index (χ1v) is 4.56. The lowest BCUT2D eigenvalue weighted by molar-refractivity contribution is 0.875. The number of aromatic amines is 1. The van der Waals surface area contributed by atoms with Crippen LogP contribution in [0.5, 0.6) is 0 Å². The van der Waals surface area contributed by atoms with Gasteiger partial charge in [-0.15, -0.1) is 6.58 Å². The van der Waals surface area contributed by atoms with E-state index in [1.54, 1.807) is 0 Å². The summed E-state index contributed by atoms with van der Waals surface area (Å²) in [4.78, 5) is 3.38. The highest BCUT2D eigenvalue weighted by molar-refractivity contribution is 5.27. The van der Waals surface area contributed by atoms with Gasteiger partial charge < -0.3 is 4.98 Å². The number of nitrogens with one attached hydrogen (secondary N) is 1. The van der Waals surface area contributed by atoms with Crippen LogP contribution in [-0.2, 0) is 12.8 Å². The maximum Gasteiger partial charge on any atom is 0.0184 e. The number of rotatable bonds is 4. The third-order valence-corrected chi connectivity index (χ3v) is 1.99. The van der Waals surface area contributed by atoms with Crippen LogP contribution in [0.3, 0.4) is 0 Å². The third kappa shape index (κ3) is 2.00. The van der Waals surface area contributed by atoms with E-state index in [0.717, 1.165) is 12.8 Å². The van der Waals surface area contributed by atoms with Crippen LogP contribution in [0.2, 0.25) is 0 Å². The molecule has 1 rings (SSSR count). The molecule has 0 unspecified atom stereocenters. The fourth-order valence-corrected chi connectivity index (χ4v) is 1.51. The number of H-pyrrole nitrogens is 1. The van der Waals surface area contributed by atoms with Gasteiger partial charge in [-0.1, -0.05) is 19.4 Å². The Bertz CT molecular complexity index is 258. The molecule has 0 bridgehead atoms. The second-order valence-corrected chi connectivity index (χ2v) is 3.20. The van der Waals surface area contributed by atoms with E-state index in [-0.39, 0.29) is 0 Å². The predicted octanol–water partition coefficient (Wildman–Crippen LogP) is 3.00. The van der Waals surface area contributed by atoms with Gasteiger partial charge in [0.25, 0.3) is 0 Å². The molecule has 0 atom stereocenters. The predicted molar refractivity (Wildman–Crippen MR) is 53.4 cm³/mol.